The normalized spacial score (nSPS) is 11.9. The first kappa shape index (κ1) is 23.4. The van der Waals surface area contributed by atoms with Crippen molar-refractivity contribution in [3.63, 3.8) is 0 Å². The molecular weight excluding hydrogens is 480 g/mol. The van der Waals surface area contributed by atoms with Crippen molar-refractivity contribution in [2.45, 2.75) is 11.8 Å². The predicted octanol–water partition coefficient (Wildman–Crippen LogP) is 6.53. The molecule has 0 heterocycles. The summed E-state index contributed by atoms with van der Waals surface area (Å²) in [6, 6.07) is 16.9. The van der Waals surface area contributed by atoms with Crippen LogP contribution in [0.25, 0.3) is 21.9 Å². The van der Waals surface area contributed by atoms with Gasteiger partial charge in [0.05, 0.1) is 5.69 Å². The van der Waals surface area contributed by atoms with Gasteiger partial charge in [0, 0.05) is 10.6 Å². The molecule has 0 saturated carbocycles. The Hall–Kier alpha value is -3.79. The van der Waals surface area contributed by atoms with Crippen LogP contribution in [0.15, 0.2) is 81.9 Å². The van der Waals surface area contributed by atoms with E-state index in [-0.39, 0.29) is 22.4 Å². The minimum Gasteiger partial charge on any atom is -0.506 e. The molecule has 34 heavy (non-hydrogen) atoms. The smallest absolute Gasteiger partial charge is 0.339 e. The molecule has 0 saturated heterocycles. The SMILES string of the molecule is Cc1ccc(N=Nc2ccc(-c3c(O)c(C(=O)O)cc4ccccc34)cc2S(=O)(=O)O)cc1Cl. The zero-order valence-corrected chi connectivity index (χ0v) is 19.2. The number of hydrogen-bond donors (Lipinski definition) is 3. The number of phenols is 1. The summed E-state index contributed by atoms with van der Waals surface area (Å²) in [6.45, 7) is 1.82. The third-order valence-electron chi connectivity index (χ3n) is 5.21. The Morgan fingerprint density at radius 1 is 0.971 bits per heavy atom. The first-order valence-corrected chi connectivity index (χ1v) is 11.7. The Morgan fingerprint density at radius 2 is 1.71 bits per heavy atom. The molecule has 0 amide bonds. The van der Waals surface area contributed by atoms with Crippen LogP contribution < -0.4 is 0 Å². The Kier molecular flexibility index (Phi) is 6.09. The zero-order valence-electron chi connectivity index (χ0n) is 17.6. The second-order valence-corrected chi connectivity index (χ2v) is 9.26. The molecule has 172 valence electrons. The summed E-state index contributed by atoms with van der Waals surface area (Å²) in [7, 11) is -4.75. The minimum atomic E-state index is -4.75. The molecule has 0 aliphatic heterocycles. The Morgan fingerprint density at radius 3 is 2.38 bits per heavy atom. The van der Waals surface area contributed by atoms with E-state index in [4.69, 9.17) is 11.6 Å². The highest BCUT2D eigenvalue weighted by Crippen LogP contribution is 2.41. The van der Waals surface area contributed by atoms with Crippen LogP contribution in [-0.2, 0) is 10.1 Å². The van der Waals surface area contributed by atoms with Crippen LogP contribution in [0.3, 0.4) is 0 Å². The van der Waals surface area contributed by atoms with Gasteiger partial charge < -0.3 is 10.2 Å². The molecule has 0 spiro atoms. The van der Waals surface area contributed by atoms with Crippen LogP contribution in [-0.4, -0.2) is 29.2 Å². The van der Waals surface area contributed by atoms with Gasteiger partial charge in [0.2, 0.25) is 0 Å². The standard InChI is InChI=1S/C24H17ClN2O6S/c1-13-6-8-16(12-19(13)25)26-27-20-9-7-15(11-21(20)34(31,32)33)22-17-5-3-2-4-14(17)10-18(23(22)28)24(29)30/h2-12,28H,1H3,(H,29,30)(H,31,32,33). The maximum Gasteiger partial charge on any atom is 0.339 e. The molecule has 3 N–H and O–H groups in total. The van der Waals surface area contributed by atoms with Gasteiger partial charge in [-0.2, -0.15) is 13.5 Å². The molecule has 4 aromatic rings. The van der Waals surface area contributed by atoms with Crippen molar-refractivity contribution in [1.82, 2.24) is 0 Å². The van der Waals surface area contributed by atoms with Gasteiger partial charge in [-0.25, -0.2) is 4.79 Å². The quantitative estimate of drug-likeness (QED) is 0.212. The monoisotopic (exact) mass is 496 g/mol. The fourth-order valence-corrected chi connectivity index (χ4v) is 4.33. The van der Waals surface area contributed by atoms with Gasteiger partial charge in [-0.1, -0.05) is 48.0 Å². The summed E-state index contributed by atoms with van der Waals surface area (Å²) in [6.07, 6.45) is 0. The summed E-state index contributed by atoms with van der Waals surface area (Å²) in [5.74, 6) is -1.88. The summed E-state index contributed by atoms with van der Waals surface area (Å²) >= 11 is 6.08. The largest absolute Gasteiger partial charge is 0.506 e. The van der Waals surface area contributed by atoms with Crippen LogP contribution in [0.5, 0.6) is 5.75 Å². The number of nitrogens with zero attached hydrogens (tertiary/aromatic N) is 2. The predicted molar refractivity (Wildman–Crippen MR) is 128 cm³/mol. The summed E-state index contributed by atoms with van der Waals surface area (Å²) in [5, 5.41) is 29.7. The molecule has 4 rings (SSSR count). The molecule has 8 nitrogen and oxygen atoms in total. The van der Waals surface area contributed by atoms with Crippen LogP contribution in [0.2, 0.25) is 5.02 Å². The number of halogens is 1. The van der Waals surface area contributed by atoms with E-state index in [9.17, 15) is 28.0 Å². The van der Waals surface area contributed by atoms with Crippen LogP contribution >= 0.6 is 11.6 Å². The van der Waals surface area contributed by atoms with Gasteiger partial charge in [0.1, 0.15) is 21.9 Å². The van der Waals surface area contributed by atoms with Crippen molar-refractivity contribution in [3.05, 3.63) is 82.9 Å². The lowest BCUT2D eigenvalue weighted by atomic mass is 9.94. The number of benzene rings is 4. The van der Waals surface area contributed by atoms with Gasteiger partial charge in [0.25, 0.3) is 10.1 Å². The second-order valence-electron chi connectivity index (χ2n) is 7.47. The number of aryl methyl sites for hydroxylation is 1. The highest BCUT2D eigenvalue weighted by atomic mass is 35.5. The number of aromatic carboxylic acids is 1. The number of rotatable bonds is 5. The molecule has 0 radical (unpaired) electrons. The first-order valence-electron chi connectivity index (χ1n) is 9.84. The average molecular weight is 497 g/mol. The van der Waals surface area contributed by atoms with Gasteiger partial charge in [0.15, 0.2) is 0 Å². The second kappa shape index (κ2) is 8.86. The Balaban J connectivity index is 1.91. The molecule has 0 atom stereocenters. The average Bonchev–Trinajstić information content (AvgIpc) is 2.78. The van der Waals surface area contributed by atoms with Gasteiger partial charge >= 0.3 is 5.97 Å². The van der Waals surface area contributed by atoms with Gasteiger partial charge in [-0.3, -0.25) is 4.55 Å². The van der Waals surface area contributed by atoms with Crippen molar-refractivity contribution in [3.8, 4) is 16.9 Å². The Labute approximate surface area is 199 Å². The number of fused-ring (bicyclic) bond motifs is 1. The van der Waals surface area contributed by atoms with E-state index in [0.717, 1.165) is 11.6 Å². The summed E-state index contributed by atoms with van der Waals surface area (Å²) in [5.41, 5.74) is 0.984. The van der Waals surface area contributed by atoms with E-state index in [2.05, 4.69) is 10.2 Å². The maximum atomic E-state index is 12.1. The molecule has 0 bridgehead atoms. The lowest BCUT2D eigenvalue weighted by molar-refractivity contribution is 0.0694. The number of carboxylic acid groups (broad SMARTS) is 1. The van der Waals surface area contributed by atoms with Crippen LogP contribution in [0.4, 0.5) is 11.4 Å². The van der Waals surface area contributed by atoms with Crippen molar-refractivity contribution in [1.29, 1.82) is 0 Å². The van der Waals surface area contributed by atoms with E-state index in [1.165, 1.54) is 18.2 Å². The summed E-state index contributed by atoms with van der Waals surface area (Å²) in [4.78, 5) is 11.1. The first-order chi connectivity index (χ1) is 16.1. The lowest BCUT2D eigenvalue weighted by Crippen LogP contribution is -2.01. The van der Waals surface area contributed by atoms with E-state index >= 15 is 0 Å². The third-order valence-corrected chi connectivity index (χ3v) is 6.50. The fourth-order valence-electron chi connectivity index (χ4n) is 3.51. The third kappa shape index (κ3) is 4.49. The maximum absolute atomic E-state index is 12.1. The van der Waals surface area contributed by atoms with E-state index in [0.29, 0.717) is 21.5 Å². The van der Waals surface area contributed by atoms with Crippen LogP contribution in [0, 0.1) is 6.92 Å². The topological polar surface area (TPSA) is 137 Å². The van der Waals surface area contributed by atoms with Crippen LogP contribution in [0.1, 0.15) is 15.9 Å². The fraction of sp³-hybridized carbons (Fsp3) is 0.0417. The number of carbonyl (C=O) groups is 1. The van der Waals surface area contributed by atoms with Crippen molar-refractivity contribution in [2.75, 3.05) is 0 Å². The molecule has 0 aromatic heterocycles. The van der Waals surface area contributed by atoms with Crippen molar-refractivity contribution < 1.29 is 28.0 Å². The minimum absolute atomic E-state index is 0.106. The van der Waals surface area contributed by atoms with Gasteiger partial charge in [-0.05, 0) is 59.2 Å². The van der Waals surface area contributed by atoms with E-state index in [1.807, 2.05) is 6.92 Å². The van der Waals surface area contributed by atoms with E-state index in [1.54, 1.807) is 42.5 Å². The van der Waals surface area contributed by atoms with Crippen molar-refractivity contribution >= 4 is 49.8 Å². The molecule has 0 unspecified atom stereocenters. The molecule has 0 aliphatic carbocycles. The molecule has 0 fully saturated rings. The molecular formula is C24H17ClN2O6S. The summed E-state index contributed by atoms with van der Waals surface area (Å²) < 4.78 is 34.1. The number of aromatic hydroxyl groups is 1. The van der Waals surface area contributed by atoms with Crippen molar-refractivity contribution in [2.24, 2.45) is 10.2 Å². The number of carboxylic acids is 1. The highest BCUT2D eigenvalue weighted by molar-refractivity contribution is 7.86. The Bertz CT molecular complexity index is 1600. The highest BCUT2D eigenvalue weighted by Gasteiger charge is 2.22. The van der Waals surface area contributed by atoms with E-state index < -0.39 is 26.7 Å². The number of azo groups is 1. The molecule has 4 aromatic carbocycles. The zero-order chi connectivity index (χ0) is 24.6. The number of hydrogen-bond acceptors (Lipinski definition) is 6. The lowest BCUT2D eigenvalue weighted by Gasteiger charge is -2.13. The van der Waals surface area contributed by atoms with Gasteiger partial charge in [-0.15, -0.1) is 5.11 Å². The molecule has 10 heteroatoms. The molecule has 0 aliphatic rings.